The summed E-state index contributed by atoms with van der Waals surface area (Å²) in [6.45, 7) is 4.02. The Morgan fingerprint density at radius 1 is 1.29 bits per heavy atom. The number of hydrogen-bond donors (Lipinski definition) is 0. The molecule has 0 unspecified atom stereocenters. The zero-order valence-electron chi connectivity index (χ0n) is 15.4. The second kappa shape index (κ2) is 6.43. The zero-order chi connectivity index (χ0) is 20.9. The van der Waals surface area contributed by atoms with Gasteiger partial charge in [-0.15, -0.1) is 0 Å². The highest BCUT2D eigenvalue weighted by Crippen LogP contribution is 2.48. The van der Waals surface area contributed by atoms with Crippen LogP contribution in [0.5, 0.6) is 0 Å². The Morgan fingerprint density at radius 2 is 1.96 bits per heavy atom. The summed E-state index contributed by atoms with van der Waals surface area (Å²) in [5, 5.41) is 9.26. The monoisotopic (exact) mass is 394 g/mol. The van der Waals surface area contributed by atoms with Crippen molar-refractivity contribution in [1.82, 2.24) is 4.90 Å². The highest BCUT2D eigenvalue weighted by Gasteiger charge is 2.49. The van der Waals surface area contributed by atoms with Crippen molar-refractivity contribution in [3.8, 4) is 6.07 Å². The van der Waals surface area contributed by atoms with Crippen molar-refractivity contribution in [2.75, 3.05) is 13.1 Å². The first-order chi connectivity index (χ1) is 12.9. The number of rotatable bonds is 1. The fourth-order valence-corrected chi connectivity index (χ4v) is 4.22. The van der Waals surface area contributed by atoms with Crippen molar-refractivity contribution in [2.24, 2.45) is 10.8 Å². The van der Waals surface area contributed by atoms with Gasteiger partial charge in [-0.3, -0.25) is 9.59 Å². The van der Waals surface area contributed by atoms with Gasteiger partial charge >= 0.3 is 6.18 Å². The number of likely N-dealkylation sites (tertiary alicyclic amines) is 1. The Kier molecular flexibility index (Phi) is 4.61. The van der Waals surface area contributed by atoms with Crippen LogP contribution in [0, 0.1) is 28.0 Å². The number of nitriles is 1. The number of nitrogens with zero attached hydrogens (tertiary/aromatic N) is 2. The van der Waals surface area contributed by atoms with Gasteiger partial charge in [0.05, 0.1) is 11.1 Å². The van der Waals surface area contributed by atoms with Crippen LogP contribution in [-0.4, -0.2) is 29.7 Å². The van der Waals surface area contributed by atoms with E-state index in [9.17, 15) is 32.4 Å². The molecule has 8 heteroatoms. The van der Waals surface area contributed by atoms with Gasteiger partial charge in [-0.1, -0.05) is 19.9 Å². The number of halogens is 4. The lowest BCUT2D eigenvalue weighted by Crippen LogP contribution is -2.40. The van der Waals surface area contributed by atoms with E-state index in [-0.39, 0.29) is 23.5 Å². The van der Waals surface area contributed by atoms with Crippen molar-refractivity contribution in [3.05, 3.63) is 46.8 Å². The molecule has 1 saturated heterocycles. The molecule has 0 saturated carbocycles. The third-order valence-electron chi connectivity index (χ3n) is 5.42. The van der Waals surface area contributed by atoms with E-state index >= 15 is 0 Å². The number of hydrogen-bond acceptors (Lipinski definition) is 3. The molecule has 1 aromatic carbocycles. The molecule has 1 aliphatic carbocycles. The lowest BCUT2D eigenvalue weighted by Gasteiger charge is -2.38. The molecule has 1 aliphatic heterocycles. The summed E-state index contributed by atoms with van der Waals surface area (Å²) in [5.74, 6) is -2.32. The van der Waals surface area contributed by atoms with E-state index in [0.717, 1.165) is 6.07 Å². The molecule has 1 atom stereocenters. The van der Waals surface area contributed by atoms with Gasteiger partial charge in [-0.2, -0.15) is 18.4 Å². The van der Waals surface area contributed by atoms with E-state index in [1.807, 2.05) is 6.07 Å². The maximum absolute atomic E-state index is 13.8. The Hall–Kier alpha value is -2.69. The molecule has 148 valence electrons. The largest absolute Gasteiger partial charge is 0.419 e. The zero-order valence-corrected chi connectivity index (χ0v) is 15.4. The third kappa shape index (κ3) is 3.41. The van der Waals surface area contributed by atoms with Crippen LogP contribution in [0.2, 0.25) is 0 Å². The quantitative estimate of drug-likeness (QED) is 0.673. The third-order valence-corrected chi connectivity index (χ3v) is 5.42. The molecule has 1 amide bonds. The molecule has 0 N–H and O–H groups in total. The van der Waals surface area contributed by atoms with Crippen LogP contribution in [-0.2, 0) is 11.0 Å². The highest BCUT2D eigenvalue weighted by molar-refractivity contribution is 6.03. The Balaban J connectivity index is 1.85. The van der Waals surface area contributed by atoms with Gasteiger partial charge in [-0.25, -0.2) is 4.39 Å². The van der Waals surface area contributed by atoms with Crippen LogP contribution in [0.3, 0.4) is 0 Å². The fraction of sp³-hybridized carbons (Fsp3) is 0.450. The Bertz CT molecular complexity index is 927. The minimum absolute atomic E-state index is 0.0612. The number of Topliss-reactive ketones (excluding diaryl/α,β-unsaturated/α-hetero) is 1. The molecule has 1 aromatic rings. The van der Waals surface area contributed by atoms with Gasteiger partial charge in [0, 0.05) is 29.5 Å². The SMILES string of the molecule is CC1(C)C[C@]2(C=C(C#N)C1=O)CCN(C(=O)c1ccc(C(F)(F)F)c(F)c1)C2. The van der Waals surface area contributed by atoms with Crippen LogP contribution in [0.25, 0.3) is 0 Å². The van der Waals surface area contributed by atoms with Gasteiger partial charge in [0.2, 0.25) is 0 Å². The van der Waals surface area contributed by atoms with Gasteiger partial charge in [0.25, 0.3) is 5.91 Å². The number of carbonyl (C=O) groups excluding carboxylic acids is 2. The molecular formula is C20H18F4N2O2. The highest BCUT2D eigenvalue weighted by atomic mass is 19.4. The van der Waals surface area contributed by atoms with Crippen molar-refractivity contribution in [1.29, 1.82) is 5.26 Å². The molecule has 1 heterocycles. The molecule has 4 nitrogen and oxygen atoms in total. The van der Waals surface area contributed by atoms with Gasteiger partial charge in [0.1, 0.15) is 11.9 Å². The maximum atomic E-state index is 13.8. The van der Waals surface area contributed by atoms with Crippen molar-refractivity contribution in [2.45, 2.75) is 32.9 Å². The van der Waals surface area contributed by atoms with E-state index in [1.165, 1.54) is 4.90 Å². The number of amides is 1. The van der Waals surface area contributed by atoms with Crippen molar-refractivity contribution < 1.29 is 27.2 Å². The standard InChI is InChI=1S/C20H18F4N2O2/c1-18(2)10-19(8-13(9-25)16(18)27)5-6-26(11-19)17(28)12-3-4-14(15(21)7-12)20(22,23)24/h3-4,7-8H,5-6,10-11H2,1-2H3/t19-/m1/s1. The summed E-state index contributed by atoms with van der Waals surface area (Å²) in [4.78, 5) is 26.4. The predicted molar refractivity (Wildman–Crippen MR) is 91.5 cm³/mol. The van der Waals surface area contributed by atoms with E-state index in [1.54, 1.807) is 19.9 Å². The van der Waals surface area contributed by atoms with Crippen molar-refractivity contribution >= 4 is 11.7 Å². The number of carbonyl (C=O) groups is 2. The molecule has 0 bridgehead atoms. The second-order valence-electron chi connectivity index (χ2n) is 8.09. The maximum Gasteiger partial charge on any atom is 0.419 e. The summed E-state index contributed by atoms with van der Waals surface area (Å²) >= 11 is 0. The number of allylic oxidation sites excluding steroid dienone is 1. The first-order valence-corrected chi connectivity index (χ1v) is 8.72. The minimum Gasteiger partial charge on any atom is -0.338 e. The number of benzene rings is 1. The van der Waals surface area contributed by atoms with Gasteiger partial charge in [-0.05, 0) is 31.0 Å². The van der Waals surface area contributed by atoms with Crippen LogP contribution >= 0.6 is 0 Å². The van der Waals surface area contributed by atoms with Crippen LogP contribution in [0.4, 0.5) is 17.6 Å². The Morgan fingerprint density at radius 3 is 2.54 bits per heavy atom. The lowest BCUT2D eigenvalue weighted by molar-refractivity contribution is -0.140. The first kappa shape index (κ1) is 20.1. The molecule has 2 aliphatic rings. The summed E-state index contributed by atoms with van der Waals surface area (Å²) in [5.41, 5.74) is -2.83. The minimum atomic E-state index is -4.83. The van der Waals surface area contributed by atoms with Crippen LogP contribution in [0.1, 0.15) is 42.6 Å². The average Bonchev–Trinajstić information content (AvgIpc) is 2.99. The normalized spacial score (nSPS) is 24.2. The average molecular weight is 394 g/mol. The predicted octanol–water partition coefficient (Wildman–Crippen LogP) is 4.13. The van der Waals surface area contributed by atoms with E-state index in [0.29, 0.717) is 31.5 Å². The first-order valence-electron chi connectivity index (χ1n) is 8.72. The van der Waals surface area contributed by atoms with E-state index < -0.39 is 34.3 Å². The summed E-state index contributed by atoms with van der Waals surface area (Å²) < 4.78 is 51.9. The lowest BCUT2D eigenvalue weighted by atomic mass is 9.64. The molecule has 0 radical (unpaired) electrons. The molecular weight excluding hydrogens is 376 g/mol. The molecule has 0 aromatic heterocycles. The molecule has 1 spiro atoms. The van der Waals surface area contributed by atoms with Crippen molar-refractivity contribution in [3.63, 3.8) is 0 Å². The van der Waals surface area contributed by atoms with Crippen LogP contribution in [0.15, 0.2) is 29.8 Å². The number of alkyl halides is 3. The van der Waals surface area contributed by atoms with Crippen LogP contribution < -0.4 is 0 Å². The molecule has 28 heavy (non-hydrogen) atoms. The van der Waals surface area contributed by atoms with E-state index in [2.05, 4.69) is 0 Å². The fourth-order valence-electron chi connectivity index (χ4n) is 4.22. The number of ketones is 1. The van der Waals surface area contributed by atoms with E-state index in [4.69, 9.17) is 0 Å². The second-order valence-corrected chi connectivity index (χ2v) is 8.09. The summed E-state index contributed by atoms with van der Waals surface area (Å²) in [6.07, 6.45) is -2.25. The molecule has 1 fully saturated rings. The van der Waals surface area contributed by atoms with Gasteiger partial charge < -0.3 is 4.90 Å². The summed E-state index contributed by atoms with van der Waals surface area (Å²) in [7, 11) is 0. The Labute approximate surface area is 159 Å². The van der Waals surface area contributed by atoms with Gasteiger partial charge in [0.15, 0.2) is 5.78 Å². The molecule has 3 rings (SSSR count). The smallest absolute Gasteiger partial charge is 0.338 e. The topological polar surface area (TPSA) is 61.2 Å². The summed E-state index contributed by atoms with van der Waals surface area (Å²) in [6, 6.07) is 4.04.